The third-order valence-electron chi connectivity index (χ3n) is 2.11. The van der Waals surface area contributed by atoms with Crippen molar-refractivity contribution in [2.75, 3.05) is 0 Å². The van der Waals surface area contributed by atoms with Gasteiger partial charge in [-0.3, -0.25) is 0 Å². The number of aromatic nitrogens is 2. The van der Waals surface area contributed by atoms with E-state index in [-0.39, 0.29) is 5.69 Å². The lowest BCUT2D eigenvalue weighted by molar-refractivity contribution is 1.08. The lowest BCUT2D eigenvalue weighted by Crippen LogP contribution is -2.07. The van der Waals surface area contributed by atoms with Gasteiger partial charge in [-0.1, -0.05) is 23.7 Å². The van der Waals surface area contributed by atoms with Gasteiger partial charge in [0.15, 0.2) is 0 Å². The van der Waals surface area contributed by atoms with Crippen molar-refractivity contribution in [1.29, 1.82) is 0 Å². The summed E-state index contributed by atoms with van der Waals surface area (Å²) in [7, 11) is 0. The summed E-state index contributed by atoms with van der Waals surface area (Å²) in [6.07, 6.45) is 3.11. The van der Waals surface area contributed by atoms with Crippen LogP contribution in [0, 0.1) is 6.92 Å². The average Bonchev–Trinajstić information content (AvgIpc) is 2.20. The Bertz CT molecular complexity index is 528. The molecule has 0 radical (unpaired) electrons. The summed E-state index contributed by atoms with van der Waals surface area (Å²) < 4.78 is 0. The van der Waals surface area contributed by atoms with E-state index in [1.54, 1.807) is 6.20 Å². The summed E-state index contributed by atoms with van der Waals surface area (Å²) in [6, 6.07) is 5.75. The quantitative estimate of drug-likeness (QED) is 0.802. The fourth-order valence-electron chi connectivity index (χ4n) is 1.34. The smallest absolute Gasteiger partial charge is 0.312 e. The number of nitrogens with zero attached hydrogens (tertiary/aromatic N) is 1. The van der Waals surface area contributed by atoms with Crippen LogP contribution in [0.25, 0.3) is 11.1 Å². The molecule has 0 bridgehead atoms. The number of H-pyrrole nitrogens is 1. The van der Waals surface area contributed by atoms with Crippen molar-refractivity contribution >= 4 is 11.6 Å². The van der Waals surface area contributed by atoms with Gasteiger partial charge in [0.2, 0.25) is 0 Å². The molecule has 2 rings (SSSR count). The maximum Gasteiger partial charge on any atom is 0.344 e. The first-order valence-corrected chi connectivity index (χ1v) is 4.86. The third-order valence-corrected chi connectivity index (χ3v) is 2.42. The summed E-state index contributed by atoms with van der Waals surface area (Å²) in [4.78, 5) is 17.0. The molecule has 0 fully saturated rings. The van der Waals surface area contributed by atoms with Crippen LogP contribution in [0.3, 0.4) is 0 Å². The Balaban J connectivity index is 2.54. The minimum Gasteiger partial charge on any atom is -0.312 e. The van der Waals surface area contributed by atoms with Crippen molar-refractivity contribution in [3.63, 3.8) is 0 Å². The van der Waals surface area contributed by atoms with Crippen molar-refractivity contribution in [3.8, 4) is 11.1 Å². The molecule has 2 aromatic rings. The second-order valence-corrected chi connectivity index (χ2v) is 3.70. The molecule has 4 heteroatoms. The van der Waals surface area contributed by atoms with E-state index in [1.807, 2.05) is 25.1 Å². The Hall–Kier alpha value is -1.61. The first kappa shape index (κ1) is 9.93. The molecule has 1 heterocycles. The SMILES string of the molecule is Cc1ccc(-c2cnc(=O)[nH]c2)c(Cl)c1. The lowest BCUT2D eigenvalue weighted by Gasteiger charge is -2.03. The van der Waals surface area contributed by atoms with Crippen LogP contribution >= 0.6 is 11.6 Å². The number of hydrogen-bond acceptors (Lipinski definition) is 2. The van der Waals surface area contributed by atoms with Gasteiger partial charge in [0.1, 0.15) is 0 Å². The van der Waals surface area contributed by atoms with E-state index in [9.17, 15) is 4.79 Å². The lowest BCUT2D eigenvalue weighted by atomic mass is 10.1. The summed E-state index contributed by atoms with van der Waals surface area (Å²) in [5, 5.41) is 0.656. The summed E-state index contributed by atoms with van der Waals surface area (Å²) in [5.74, 6) is 0. The van der Waals surface area contributed by atoms with E-state index in [4.69, 9.17) is 11.6 Å². The van der Waals surface area contributed by atoms with Gasteiger partial charge in [0.05, 0.1) is 0 Å². The van der Waals surface area contributed by atoms with Crippen molar-refractivity contribution in [1.82, 2.24) is 9.97 Å². The molecule has 0 amide bonds. The maximum atomic E-state index is 10.8. The number of aromatic amines is 1. The number of aryl methyl sites for hydroxylation is 1. The minimum atomic E-state index is -0.359. The second kappa shape index (κ2) is 3.87. The van der Waals surface area contributed by atoms with Crippen LogP contribution in [0.15, 0.2) is 35.4 Å². The molecule has 0 aliphatic rings. The zero-order valence-electron chi connectivity index (χ0n) is 8.12. The van der Waals surface area contributed by atoms with E-state index in [2.05, 4.69) is 9.97 Å². The second-order valence-electron chi connectivity index (χ2n) is 3.29. The fraction of sp³-hybridized carbons (Fsp3) is 0.0909. The van der Waals surface area contributed by atoms with Crippen molar-refractivity contribution in [2.24, 2.45) is 0 Å². The van der Waals surface area contributed by atoms with Crippen LogP contribution in [0.1, 0.15) is 5.56 Å². The number of benzene rings is 1. The van der Waals surface area contributed by atoms with Gasteiger partial charge in [0.25, 0.3) is 0 Å². The Morgan fingerprint density at radius 2 is 2.20 bits per heavy atom. The molecule has 0 atom stereocenters. The minimum absolute atomic E-state index is 0.359. The molecule has 76 valence electrons. The molecule has 1 aromatic carbocycles. The Morgan fingerprint density at radius 3 is 2.80 bits per heavy atom. The van der Waals surface area contributed by atoms with Gasteiger partial charge in [0, 0.05) is 28.5 Å². The molecular weight excluding hydrogens is 212 g/mol. The summed E-state index contributed by atoms with van der Waals surface area (Å²) >= 11 is 6.08. The topological polar surface area (TPSA) is 45.8 Å². The van der Waals surface area contributed by atoms with Crippen molar-refractivity contribution in [2.45, 2.75) is 6.92 Å². The van der Waals surface area contributed by atoms with Gasteiger partial charge >= 0.3 is 5.69 Å². The zero-order chi connectivity index (χ0) is 10.8. The molecule has 0 spiro atoms. The third kappa shape index (κ3) is 2.07. The standard InChI is InChI=1S/C11H9ClN2O/c1-7-2-3-9(10(12)4-7)8-5-13-11(15)14-6-8/h2-6H,1H3,(H,13,14,15). The van der Waals surface area contributed by atoms with Crippen LogP contribution in [-0.4, -0.2) is 9.97 Å². The highest BCUT2D eigenvalue weighted by atomic mass is 35.5. The van der Waals surface area contributed by atoms with Gasteiger partial charge in [-0.2, -0.15) is 0 Å². The Labute approximate surface area is 91.8 Å². The van der Waals surface area contributed by atoms with Gasteiger partial charge < -0.3 is 4.98 Å². The molecule has 0 saturated carbocycles. The fourth-order valence-corrected chi connectivity index (χ4v) is 1.69. The van der Waals surface area contributed by atoms with E-state index in [1.165, 1.54) is 6.20 Å². The van der Waals surface area contributed by atoms with E-state index >= 15 is 0 Å². The van der Waals surface area contributed by atoms with Gasteiger partial charge in [-0.15, -0.1) is 0 Å². The Kier molecular flexibility index (Phi) is 2.56. The molecule has 15 heavy (non-hydrogen) atoms. The molecule has 1 N–H and O–H groups in total. The molecule has 0 aliphatic heterocycles. The number of hydrogen-bond donors (Lipinski definition) is 1. The first-order chi connectivity index (χ1) is 7.16. The first-order valence-electron chi connectivity index (χ1n) is 4.48. The van der Waals surface area contributed by atoms with Crippen LogP contribution in [0.2, 0.25) is 5.02 Å². The molecule has 0 saturated heterocycles. The van der Waals surface area contributed by atoms with Crippen LogP contribution < -0.4 is 5.69 Å². The van der Waals surface area contributed by atoms with Gasteiger partial charge in [-0.25, -0.2) is 9.78 Å². The molecule has 0 unspecified atom stereocenters. The van der Waals surface area contributed by atoms with E-state index < -0.39 is 0 Å². The number of nitrogens with one attached hydrogen (secondary N) is 1. The van der Waals surface area contributed by atoms with Gasteiger partial charge in [-0.05, 0) is 18.6 Å². The highest BCUT2D eigenvalue weighted by Gasteiger charge is 2.03. The zero-order valence-corrected chi connectivity index (χ0v) is 8.88. The molecule has 0 aliphatic carbocycles. The predicted molar refractivity (Wildman–Crippen MR) is 60.0 cm³/mol. The number of halogens is 1. The van der Waals surface area contributed by atoms with Crippen molar-refractivity contribution in [3.05, 3.63) is 51.7 Å². The highest BCUT2D eigenvalue weighted by molar-refractivity contribution is 6.33. The van der Waals surface area contributed by atoms with Crippen molar-refractivity contribution < 1.29 is 0 Å². The largest absolute Gasteiger partial charge is 0.344 e. The normalized spacial score (nSPS) is 10.3. The Morgan fingerprint density at radius 1 is 1.40 bits per heavy atom. The predicted octanol–water partition coefficient (Wildman–Crippen LogP) is 2.40. The van der Waals surface area contributed by atoms with Crippen LogP contribution in [0.5, 0.6) is 0 Å². The van der Waals surface area contributed by atoms with Crippen LogP contribution in [-0.2, 0) is 0 Å². The van der Waals surface area contributed by atoms with Crippen LogP contribution in [0.4, 0.5) is 0 Å². The molecular formula is C11H9ClN2O. The summed E-state index contributed by atoms with van der Waals surface area (Å²) in [5.41, 5.74) is 2.41. The molecule has 1 aromatic heterocycles. The van der Waals surface area contributed by atoms with E-state index in [0.717, 1.165) is 16.7 Å². The number of rotatable bonds is 1. The maximum absolute atomic E-state index is 10.8. The van der Waals surface area contributed by atoms with E-state index in [0.29, 0.717) is 5.02 Å². The highest BCUT2D eigenvalue weighted by Crippen LogP contribution is 2.26. The summed E-state index contributed by atoms with van der Waals surface area (Å²) in [6.45, 7) is 1.97. The molecule has 3 nitrogen and oxygen atoms in total. The monoisotopic (exact) mass is 220 g/mol. The average molecular weight is 221 g/mol.